The Labute approximate surface area is 132 Å². The van der Waals surface area contributed by atoms with Crippen molar-refractivity contribution in [1.29, 1.82) is 0 Å². The fraction of sp³-hybridized carbons (Fsp3) is 0.267. The number of aliphatic hydroxyl groups is 1. The molecule has 2 rings (SSSR count). The number of carbonyl (C=O) groups is 2. The largest absolute Gasteiger partial charge is 0.466 e. The van der Waals surface area contributed by atoms with E-state index in [-0.39, 0.29) is 12.3 Å². The molecule has 8 heteroatoms. The summed E-state index contributed by atoms with van der Waals surface area (Å²) in [6, 6.07) is 5.25. The molecule has 0 amide bonds. The van der Waals surface area contributed by atoms with E-state index >= 15 is 0 Å². The van der Waals surface area contributed by atoms with E-state index in [9.17, 15) is 9.59 Å². The summed E-state index contributed by atoms with van der Waals surface area (Å²) < 4.78 is 10.9. The molecule has 1 aromatic heterocycles. The van der Waals surface area contributed by atoms with Crippen LogP contribution in [0, 0.1) is 0 Å². The maximum Gasteiger partial charge on any atom is 0.354 e. The van der Waals surface area contributed by atoms with Gasteiger partial charge in [-0.25, -0.2) is 14.6 Å². The van der Waals surface area contributed by atoms with E-state index in [4.69, 9.17) is 5.11 Å². The molecule has 0 saturated heterocycles. The number of aromatic nitrogens is 2. The molecule has 0 radical (unpaired) electrons. The van der Waals surface area contributed by atoms with Crippen LogP contribution in [0.5, 0.6) is 0 Å². The molecule has 122 valence electrons. The third-order valence-electron chi connectivity index (χ3n) is 3.11. The van der Waals surface area contributed by atoms with E-state index in [0.29, 0.717) is 17.7 Å². The van der Waals surface area contributed by atoms with Gasteiger partial charge < -0.3 is 24.5 Å². The number of carbonyl (C=O) groups excluding carboxylic acids is 2. The predicted octanol–water partition coefficient (Wildman–Crippen LogP) is 0.670. The summed E-state index contributed by atoms with van der Waals surface area (Å²) in [6.07, 6.45) is 2.64. The number of imidazole rings is 1. The van der Waals surface area contributed by atoms with Crippen LogP contribution in [0.25, 0.3) is 11.0 Å². The summed E-state index contributed by atoms with van der Waals surface area (Å²) in [7, 11) is 2.43. The highest BCUT2D eigenvalue weighted by molar-refractivity contribution is 5.99. The van der Waals surface area contributed by atoms with Gasteiger partial charge in [-0.15, -0.1) is 0 Å². The molecule has 2 N–H and O–H groups in total. The minimum atomic E-state index is -0.693. The number of anilines is 1. The summed E-state index contributed by atoms with van der Waals surface area (Å²) in [5.74, 6) is -1.37. The van der Waals surface area contributed by atoms with Crippen molar-refractivity contribution < 1.29 is 24.2 Å². The van der Waals surface area contributed by atoms with Gasteiger partial charge in [0.15, 0.2) is 0 Å². The van der Waals surface area contributed by atoms with E-state index < -0.39 is 11.9 Å². The average Bonchev–Trinajstić information content (AvgIpc) is 2.96. The molecule has 2 aromatic rings. The van der Waals surface area contributed by atoms with E-state index in [0.717, 1.165) is 11.6 Å². The Morgan fingerprint density at radius 2 is 2.13 bits per heavy atom. The lowest BCUT2D eigenvalue weighted by atomic mass is 10.2. The maximum absolute atomic E-state index is 11.7. The monoisotopic (exact) mass is 319 g/mol. The smallest absolute Gasteiger partial charge is 0.354 e. The minimum absolute atomic E-state index is 0.0137. The second-order valence-corrected chi connectivity index (χ2v) is 4.56. The molecule has 0 spiro atoms. The fourth-order valence-electron chi connectivity index (χ4n) is 2.02. The second-order valence-electron chi connectivity index (χ2n) is 4.56. The summed E-state index contributed by atoms with van der Waals surface area (Å²) >= 11 is 0. The number of methoxy groups -OCH3 is 2. The lowest BCUT2D eigenvalue weighted by Crippen LogP contribution is -2.15. The van der Waals surface area contributed by atoms with Crippen LogP contribution < -0.4 is 5.32 Å². The van der Waals surface area contributed by atoms with Gasteiger partial charge in [-0.05, 0) is 18.2 Å². The Morgan fingerprint density at radius 1 is 1.35 bits per heavy atom. The number of ether oxygens (including phenoxy) is 2. The standard InChI is InChI=1S/C15H17N3O5/c1-22-14(20)8-12(15(21)23-2)17-10-3-4-13-11(7-10)16-9-18(13)5-6-19/h3-4,7-9,17,19H,5-6H2,1-2H3/b12-8+. The molecule has 0 aliphatic heterocycles. The molecular weight excluding hydrogens is 302 g/mol. The first-order chi connectivity index (χ1) is 11.1. The Balaban J connectivity index is 2.29. The second kappa shape index (κ2) is 7.41. The lowest BCUT2D eigenvalue weighted by Gasteiger charge is -2.09. The zero-order valence-corrected chi connectivity index (χ0v) is 12.8. The van der Waals surface area contributed by atoms with Gasteiger partial charge in [-0.2, -0.15) is 0 Å². The number of hydrogen-bond donors (Lipinski definition) is 2. The number of nitrogens with one attached hydrogen (secondary N) is 1. The number of rotatable bonds is 6. The van der Waals surface area contributed by atoms with Crippen molar-refractivity contribution in [1.82, 2.24) is 9.55 Å². The molecule has 0 bridgehead atoms. The molecule has 0 aliphatic rings. The molecule has 0 fully saturated rings. The van der Waals surface area contributed by atoms with Crippen molar-refractivity contribution in [3.05, 3.63) is 36.3 Å². The average molecular weight is 319 g/mol. The number of fused-ring (bicyclic) bond motifs is 1. The minimum Gasteiger partial charge on any atom is -0.466 e. The molecule has 0 saturated carbocycles. The van der Waals surface area contributed by atoms with Gasteiger partial charge >= 0.3 is 11.9 Å². The number of hydrogen-bond acceptors (Lipinski definition) is 7. The van der Waals surface area contributed by atoms with E-state index in [1.807, 2.05) is 4.57 Å². The number of esters is 2. The van der Waals surface area contributed by atoms with Crippen LogP contribution in [0.15, 0.2) is 36.3 Å². The van der Waals surface area contributed by atoms with Gasteiger partial charge in [-0.1, -0.05) is 0 Å². The predicted molar refractivity (Wildman–Crippen MR) is 82.6 cm³/mol. The molecule has 1 heterocycles. The van der Waals surface area contributed by atoms with E-state index in [1.165, 1.54) is 14.2 Å². The van der Waals surface area contributed by atoms with Crippen molar-refractivity contribution in [3.63, 3.8) is 0 Å². The molecule has 23 heavy (non-hydrogen) atoms. The molecular formula is C15H17N3O5. The number of benzene rings is 1. The van der Waals surface area contributed by atoms with Crippen LogP contribution in [-0.2, 0) is 25.6 Å². The Bertz CT molecular complexity index is 751. The highest BCUT2D eigenvalue weighted by Gasteiger charge is 2.13. The summed E-state index contributed by atoms with van der Waals surface area (Å²) in [5, 5.41) is 11.8. The summed E-state index contributed by atoms with van der Waals surface area (Å²) in [4.78, 5) is 27.3. The van der Waals surface area contributed by atoms with E-state index in [1.54, 1.807) is 24.5 Å². The third kappa shape index (κ3) is 3.86. The van der Waals surface area contributed by atoms with Crippen LogP contribution in [0.2, 0.25) is 0 Å². The van der Waals surface area contributed by atoms with Crippen molar-refractivity contribution in [2.45, 2.75) is 6.54 Å². The Hall–Kier alpha value is -2.87. The first kappa shape index (κ1) is 16.5. The first-order valence-electron chi connectivity index (χ1n) is 6.79. The van der Waals surface area contributed by atoms with Gasteiger partial charge in [0.05, 0.1) is 44.3 Å². The van der Waals surface area contributed by atoms with E-state index in [2.05, 4.69) is 19.8 Å². The SMILES string of the molecule is COC(=O)/C=C(/Nc1ccc2c(c1)ncn2CCO)C(=O)OC. The van der Waals surface area contributed by atoms with Crippen LogP contribution in [0.1, 0.15) is 0 Å². The third-order valence-corrected chi connectivity index (χ3v) is 3.11. The molecule has 0 unspecified atom stereocenters. The van der Waals surface area contributed by atoms with Crippen LogP contribution in [0.3, 0.4) is 0 Å². The Kier molecular flexibility index (Phi) is 5.32. The quantitative estimate of drug-likeness (QED) is 0.596. The van der Waals surface area contributed by atoms with Gasteiger partial charge in [-0.3, -0.25) is 0 Å². The molecule has 0 atom stereocenters. The zero-order chi connectivity index (χ0) is 16.8. The van der Waals surface area contributed by atoms with Crippen molar-refractivity contribution >= 4 is 28.7 Å². The normalized spacial score (nSPS) is 11.3. The first-order valence-corrected chi connectivity index (χ1v) is 6.79. The van der Waals surface area contributed by atoms with Gasteiger partial charge in [0.25, 0.3) is 0 Å². The zero-order valence-electron chi connectivity index (χ0n) is 12.8. The van der Waals surface area contributed by atoms with Gasteiger partial charge in [0.2, 0.25) is 0 Å². The van der Waals surface area contributed by atoms with Crippen molar-refractivity contribution in [3.8, 4) is 0 Å². The topological polar surface area (TPSA) is 103 Å². The lowest BCUT2D eigenvalue weighted by molar-refractivity contribution is -0.138. The maximum atomic E-state index is 11.7. The number of nitrogens with zero attached hydrogens (tertiary/aromatic N) is 2. The van der Waals surface area contributed by atoms with Crippen LogP contribution in [0.4, 0.5) is 5.69 Å². The van der Waals surface area contributed by atoms with Crippen LogP contribution in [-0.4, -0.2) is 47.4 Å². The van der Waals surface area contributed by atoms with Gasteiger partial charge in [0.1, 0.15) is 5.70 Å². The molecule has 1 aromatic carbocycles. The molecule has 0 aliphatic carbocycles. The summed E-state index contributed by atoms with van der Waals surface area (Å²) in [5.41, 5.74) is 2.05. The van der Waals surface area contributed by atoms with Crippen LogP contribution >= 0.6 is 0 Å². The summed E-state index contributed by atoms with van der Waals surface area (Å²) in [6.45, 7) is 0.457. The highest BCUT2D eigenvalue weighted by Crippen LogP contribution is 2.19. The van der Waals surface area contributed by atoms with Crippen molar-refractivity contribution in [2.75, 3.05) is 26.1 Å². The fourth-order valence-corrected chi connectivity index (χ4v) is 2.02. The number of aliphatic hydroxyl groups excluding tert-OH is 1. The highest BCUT2D eigenvalue weighted by atomic mass is 16.5. The molecule has 8 nitrogen and oxygen atoms in total. The Morgan fingerprint density at radius 3 is 2.78 bits per heavy atom. The van der Waals surface area contributed by atoms with Crippen molar-refractivity contribution in [2.24, 2.45) is 0 Å². The van der Waals surface area contributed by atoms with Gasteiger partial charge in [0, 0.05) is 12.2 Å².